The summed E-state index contributed by atoms with van der Waals surface area (Å²) in [6.45, 7) is 4.83. The highest BCUT2D eigenvalue weighted by Crippen LogP contribution is 2.35. The van der Waals surface area contributed by atoms with E-state index in [0.29, 0.717) is 31.1 Å². The second-order valence-electron chi connectivity index (χ2n) is 9.36. The standard InChI is InChI=1S/C26H30N4O4/c1-16-8-9-19-21(13-16)27-24(20-6-2-3-7-22(20)31)29-25(19)30-11-4-5-17(14-30)23(28-26(32)33)18-10-12-34-15-18/h2-3,6-9,13,17-18,23,28,31H,4-5,10-12,14-15H2,1H3,(H,32,33)/t17?,18?,23-/m0/s1. The largest absolute Gasteiger partial charge is 0.507 e. The molecule has 3 atom stereocenters. The van der Waals surface area contributed by atoms with Gasteiger partial charge in [0, 0.05) is 37.0 Å². The Morgan fingerprint density at radius 1 is 1.18 bits per heavy atom. The van der Waals surface area contributed by atoms with Crippen LogP contribution in [0.1, 0.15) is 24.8 Å². The van der Waals surface area contributed by atoms with E-state index in [9.17, 15) is 15.0 Å². The first-order valence-corrected chi connectivity index (χ1v) is 11.9. The maximum absolute atomic E-state index is 11.6. The molecule has 34 heavy (non-hydrogen) atoms. The van der Waals surface area contributed by atoms with Gasteiger partial charge in [-0.15, -0.1) is 0 Å². The molecule has 0 bridgehead atoms. The van der Waals surface area contributed by atoms with Crippen LogP contribution in [0.5, 0.6) is 5.75 Å². The molecule has 1 aromatic heterocycles. The predicted octanol–water partition coefficient (Wildman–Crippen LogP) is 4.20. The first-order valence-electron chi connectivity index (χ1n) is 11.9. The lowest BCUT2D eigenvalue weighted by Crippen LogP contribution is -2.51. The minimum atomic E-state index is -0.987. The molecule has 0 saturated carbocycles. The van der Waals surface area contributed by atoms with E-state index < -0.39 is 6.09 Å². The number of aromatic hydroxyl groups is 1. The number of para-hydroxylation sites is 1. The molecule has 3 aromatic rings. The molecule has 2 saturated heterocycles. The van der Waals surface area contributed by atoms with Crippen LogP contribution in [-0.4, -0.2) is 58.6 Å². The summed E-state index contributed by atoms with van der Waals surface area (Å²) in [7, 11) is 0. The molecule has 0 aliphatic carbocycles. The van der Waals surface area contributed by atoms with Crippen LogP contribution in [0.25, 0.3) is 22.3 Å². The summed E-state index contributed by atoms with van der Waals surface area (Å²) in [5.41, 5.74) is 2.52. The van der Waals surface area contributed by atoms with Crippen molar-refractivity contribution in [3.8, 4) is 17.1 Å². The van der Waals surface area contributed by atoms with Gasteiger partial charge in [0.1, 0.15) is 11.6 Å². The minimum Gasteiger partial charge on any atom is -0.507 e. The fraction of sp³-hybridized carbons (Fsp3) is 0.423. The summed E-state index contributed by atoms with van der Waals surface area (Å²) in [6, 6.07) is 13.1. The fourth-order valence-electron chi connectivity index (χ4n) is 5.34. The number of anilines is 1. The number of aryl methyl sites for hydroxylation is 1. The molecule has 2 aromatic carbocycles. The monoisotopic (exact) mass is 462 g/mol. The molecule has 3 N–H and O–H groups in total. The minimum absolute atomic E-state index is 0.143. The highest BCUT2D eigenvalue weighted by molar-refractivity contribution is 5.92. The van der Waals surface area contributed by atoms with Crippen molar-refractivity contribution in [1.82, 2.24) is 15.3 Å². The number of piperidine rings is 1. The molecule has 2 aliphatic heterocycles. The third-order valence-electron chi connectivity index (χ3n) is 7.01. The summed E-state index contributed by atoms with van der Waals surface area (Å²) in [6.07, 6.45) is 1.78. The van der Waals surface area contributed by atoms with Crippen LogP contribution in [-0.2, 0) is 4.74 Å². The quantitative estimate of drug-likeness (QED) is 0.521. The van der Waals surface area contributed by atoms with E-state index in [-0.39, 0.29) is 23.6 Å². The molecule has 178 valence electrons. The van der Waals surface area contributed by atoms with Crippen molar-refractivity contribution >= 4 is 22.8 Å². The SMILES string of the molecule is Cc1ccc2c(N3CCCC([C@H](NC(=O)O)C4CCOC4)C3)nc(-c3ccccc3O)nc2c1. The molecule has 2 fully saturated rings. The van der Waals surface area contributed by atoms with Gasteiger partial charge >= 0.3 is 6.09 Å². The van der Waals surface area contributed by atoms with E-state index in [1.165, 1.54) is 0 Å². The van der Waals surface area contributed by atoms with Crippen molar-refractivity contribution in [3.05, 3.63) is 48.0 Å². The number of ether oxygens (including phenoxy) is 1. The number of rotatable bonds is 5. The molecular formula is C26H30N4O4. The van der Waals surface area contributed by atoms with E-state index in [4.69, 9.17) is 14.7 Å². The second-order valence-corrected chi connectivity index (χ2v) is 9.36. The molecule has 5 rings (SSSR count). The van der Waals surface area contributed by atoms with Gasteiger partial charge in [-0.3, -0.25) is 0 Å². The van der Waals surface area contributed by atoms with E-state index in [1.54, 1.807) is 12.1 Å². The molecule has 0 radical (unpaired) electrons. The van der Waals surface area contributed by atoms with Crippen molar-refractivity contribution in [2.45, 2.75) is 32.2 Å². The number of fused-ring (bicyclic) bond motifs is 1. The first kappa shape index (κ1) is 22.4. The molecule has 1 amide bonds. The zero-order valence-corrected chi connectivity index (χ0v) is 19.3. The summed E-state index contributed by atoms with van der Waals surface area (Å²) in [5, 5.41) is 23.7. The molecule has 8 heteroatoms. The average Bonchev–Trinajstić information content (AvgIpc) is 3.36. The number of carbonyl (C=O) groups is 1. The van der Waals surface area contributed by atoms with Crippen molar-refractivity contribution in [3.63, 3.8) is 0 Å². The number of phenolic OH excluding ortho intramolecular Hbond substituents is 1. The maximum atomic E-state index is 11.6. The topological polar surface area (TPSA) is 108 Å². The van der Waals surface area contributed by atoms with Crippen LogP contribution in [0.15, 0.2) is 42.5 Å². The Hall–Kier alpha value is -3.39. The second kappa shape index (κ2) is 9.46. The van der Waals surface area contributed by atoms with E-state index in [2.05, 4.69) is 22.3 Å². The highest BCUT2D eigenvalue weighted by Gasteiger charge is 2.36. The molecule has 2 unspecified atom stereocenters. The van der Waals surface area contributed by atoms with Crippen molar-refractivity contribution in [1.29, 1.82) is 0 Å². The number of carboxylic acid groups (broad SMARTS) is 1. The van der Waals surface area contributed by atoms with Crippen molar-refractivity contribution in [2.75, 3.05) is 31.2 Å². The lowest BCUT2D eigenvalue weighted by molar-refractivity contribution is 0.147. The lowest BCUT2D eigenvalue weighted by atomic mass is 9.82. The zero-order chi connectivity index (χ0) is 23.7. The van der Waals surface area contributed by atoms with Gasteiger partial charge < -0.3 is 25.2 Å². The lowest BCUT2D eigenvalue weighted by Gasteiger charge is -2.39. The van der Waals surface area contributed by atoms with Crippen LogP contribution in [0.4, 0.5) is 10.6 Å². The van der Waals surface area contributed by atoms with Crippen LogP contribution < -0.4 is 10.2 Å². The van der Waals surface area contributed by atoms with Gasteiger partial charge in [-0.25, -0.2) is 14.8 Å². The van der Waals surface area contributed by atoms with E-state index in [0.717, 1.165) is 48.1 Å². The van der Waals surface area contributed by atoms with E-state index >= 15 is 0 Å². The molecular weight excluding hydrogens is 432 g/mol. The number of nitrogens with one attached hydrogen (secondary N) is 1. The molecule has 0 spiro atoms. The van der Waals surface area contributed by atoms with Crippen molar-refractivity contribution < 1.29 is 19.7 Å². The number of aromatic nitrogens is 2. The first-order chi connectivity index (χ1) is 16.5. The Labute approximate surface area is 198 Å². The Morgan fingerprint density at radius 3 is 2.79 bits per heavy atom. The van der Waals surface area contributed by atoms with Crippen LogP contribution in [0.3, 0.4) is 0 Å². The Morgan fingerprint density at radius 2 is 2.03 bits per heavy atom. The number of nitrogens with zero attached hydrogens (tertiary/aromatic N) is 3. The normalized spacial score (nSPS) is 21.5. The Kier molecular flexibility index (Phi) is 6.24. The van der Waals surface area contributed by atoms with Gasteiger partial charge in [-0.05, 0) is 61.9 Å². The summed E-state index contributed by atoms with van der Waals surface area (Å²) >= 11 is 0. The smallest absolute Gasteiger partial charge is 0.404 e. The van der Waals surface area contributed by atoms with Gasteiger partial charge in [0.15, 0.2) is 5.82 Å². The molecule has 8 nitrogen and oxygen atoms in total. The third-order valence-corrected chi connectivity index (χ3v) is 7.01. The van der Waals surface area contributed by atoms with E-state index in [1.807, 2.05) is 25.1 Å². The van der Waals surface area contributed by atoms with Crippen LogP contribution in [0, 0.1) is 18.8 Å². The maximum Gasteiger partial charge on any atom is 0.404 e. The number of phenols is 1. The number of hydrogen-bond donors (Lipinski definition) is 3. The van der Waals surface area contributed by atoms with Gasteiger partial charge in [0.25, 0.3) is 0 Å². The Balaban J connectivity index is 1.53. The highest BCUT2D eigenvalue weighted by atomic mass is 16.5. The zero-order valence-electron chi connectivity index (χ0n) is 19.3. The van der Waals surface area contributed by atoms with Crippen LogP contribution in [0.2, 0.25) is 0 Å². The summed E-state index contributed by atoms with van der Waals surface area (Å²) < 4.78 is 5.58. The predicted molar refractivity (Wildman–Crippen MR) is 130 cm³/mol. The summed E-state index contributed by atoms with van der Waals surface area (Å²) in [5.74, 6) is 1.79. The summed E-state index contributed by atoms with van der Waals surface area (Å²) in [4.78, 5) is 23.5. The molecule has 2 aliphatic rings. The fourth-order valence-corrected chi connectivity index (χ4v) is 5.34. The van der Waals surface area contributed by atoms with Gasteiger partial charge in [0.2, 0.25) is 0 Å². The van der Waals surface area contributed by atoms with Gasteiger partial charge in [0.05, 0.1) is 17.7 Å². The number of benzene rings is 2. The number of amides is 1. The van der Waals surface area contributed by atoms with Crippen molar-refractivity contribution in [2.24, 2.45) is 11.8 Å². The Bertz CT molecular complexity index is 1190. The van der Waals surface area contributed by atoms with Gasteiger partial charge in [-0.1, -0.05) is 18.2 Å². The molecule has 3 heterocycles. The van der Waals surface area contributed by atoms with Gasteiger partial charge in [-0.2, -0.15) is 0 Å². The van der Waals surface area contributed by atoms with Crippen LogP contribution >= 0.6 is 0 Å². The number of hydrogen-bond acceptors (Lipinski definition) is 6. The average molecular weight is 463 g/mol. The third kappa shape index (κ3) is 4.50.